The summed E-state index contributed by atoms with van der Waals surface area (Å²) in [5.41, 5.74) is -1.01. The molecule has 6 nitrogen and oxygen atoms in total. The summed E-state index contributed by atoms with van der Waals surface area (Å²) < 4.78 is 4.43. The lowest BCUT2D eigenvalue weighted by molar-refractivity contribution is 0.248. The fourth-order valence-electron chi connectivity index (χ4n) is 5.55. The van der Waals surface area contributed by atoms with Gasteiger partial charge in [-0.05, 0) is 38.5 Å². The van der Waals surface area contributed by atoms with E-state index >= 15 is 0 Å². The molecule has 4 rings (SSSR count). The molecule has 0 bridgehead atoms. The van der Waals surface area contributed by atoms with Crippen LogP contribution in [0, 0.1) is 0 Å². The molecular formula is C21H33N3O3. The molecule has 0 unspecified atom stereocenters. The number of rotatable bonds is 3. The Labute approximate surface area is 160 Å². The molecule has 1 aromatic rings. The summed E-state index contributed by atoms with van der Waals surface area (Å²) in [5, 5.41) is 0. The predicted octanol–water partition coefficient (Wildman–Crippen LogP) is 3.69. The molecule has 1 heterocycles. The lowest BCUT2D eigenvalue weighted by atomic mass is 9.94. The Balaban J connectivity index is 1.88. The Bertz CT molecular complexity index is 677. The Morgan fingerprint density at radius 2 is 0.630 bits per heavy atom. The first-order valence-electron chi connectivity index (χ1n) is 11.2. The van der Waals surface area contributed by atoms with Gasteiger partial charge in [-0.2, -0.15) is 0 Å². The van der Waals surface area contributed by atoms with E-state index in [0.717, 1.165) is 77.0 Å². The molecule has 6 heteroatoms. The molecule has 3 fully saturated rings. The summed E-state index contributed by atoms with van der Waals surface area (Å²) in [6.07, 6.45) is 15.1. The van der Waals surface area contributed by atoms with E-state index in [0.29, 0.717) is 0 Å². The number of hydrogen-bond acceptors (Lipinski definition) is 3. The molecule has 3 saturated carbocycles. The third kappa shape index (κ3) is 3.59. The molecule has 0 spiro atoms. The summed E-state index contributed by atoms with van der Waals surface area (Å²) >= 11 is 0. The van der Waals surface area contributed by atoms with Crippen LogP contribution in [0.25, 0.3) is 0 Å². The number of nitrogens with zero attached hydrogens (tertiary/aromatic N) is 3. The summed E-state index contributed by atoms with van der Waals surface area (Å²) in [7, 11) is 0. The Hall–Kier alpha value is -1.59. The van der Waals surface area contributed by atoms with Gasteiger partial charge in [-0.25, -0.2) is 28.1 Å². The monoisotopic (exact) mass is 375 g/mol. The second-order valence-electron chi connectivity index (χ2n) is 8.83. The summed E-state index contributed by atoms with van der Waals surface area (Å²) in [4.78, 5) is 40.1. The first kappa shape index (κ1) is 18.8. The standard InChI is InChI=1S/C21H33N3O3/c25-19-22(16-10-4-1-5-11-16)20(26)24(18-14-8-3-9-15-18)21(27)23(19)17-12-6-2-7-13-17/h16-18H,1-15H2. The van der Waals surface area contributed by atoms with Gasteiger partial charge in [0.05, 0.1) is 0 Å². The quantitative estimate of drug-likeness (QED) is 0.809. The third-order valence-corrected chi connectivity index (χ3v) is 7.06. The zero-order valence-electron chi connectivity index (χ0n) is 16.4. The highest BCUT2D eigenvalue weighted by molar-refractivity contribution is 4.91. The molecule has 0 saturated heterocycles. The molecule has 3 aliphatic rings. The van der Waals surface area contributed by atoms with Crippen LogP contribution in [0.4, 0.5) is 0 Å². The summed E-state index contributed by atoms with van der Waals surface area (Å²) in [6.45, 7) is 0. The first-order valence-corrected chi connectivity index (χ1v) is 11.2. The highest BCUT2D eigenvalue weighted by Crippen LogP contribution is 2.29. The van der Waals surface area contributed by atoms with E-state index in [2.05, 4.69) is 0 Å². The molecule has 1 aromatic heterocycles. The molecule has 0 radical (unpaired) electrons. The van der Waals surface area contributed by atoms with E-state index < -0.39 is 0 Å². The van der Waals surface area contributed by atoms with E-state index in [4.69, 9.17) is 0 Å². The van der Waals surface area contributed by atoms with Gasteiger partial charge >= 0.3 is 17.1 Å². The van der Waals surface area contributed by atoms with Crippen LogP contribution in [0.1, 0.15) is 114 Å². The third-order valence-electron chi connectivity index (χ3n) is 7.06. The zero-order valence-corrected chi connectivity index (χ0v) is 16.4. The maximum Gasteiger partial charge on any atom is 0.336 e. The molecule has 0 aromatic carbocycles. The van der Waals surface area contributed by atoms with Gasteiger partial charge in [0.15, 0.2) is 0 Å². The molecule has 0 atom stereocenters. The summed E-state index contributed by atoms with van der Waals surface area (Å²) in [5.74, 6) is 0. The van der Waals surface area contributed by atoms with Gasteiger partial charge in [0.2, 0.25) is 0 Å². The first-order chi connectivity index (χ1) is 13.2. The van der Waals surface area contributed by atoms with Crippen LogP contribution < -0.4 is 17.1 Å². The smallest absolute Gasteiger partial charge is 0.247 e. The average Bonchev–Trinajstić information content (AvgIpc) is 2.70. The van der Waals surface area contributed by atoms with Crippen molar-refractivity contribution >= 4 is 0 Å². The highest BCUT2D eigenvalue weighted by atomic mass is 16.2. The highest BCUT2D eigenvalue weighted by Gasteiger charge is 2.30. The minimum atomic E-state index is -0.337. The number of hydrogen-bond donors (Lipinski definition) is 0. The van der Waals surface area contributed by atoms with E-state index in [-0.39, 0.29) is 35.2 Å². The average molecular weight is 376 g/mol. The molecule has 150 valence electrons. The molecule has 0 amide bonds. The lowest BCUT2D eigenvalue weighted by Crippen LogP contribution is -2.57. The molecule has 0 N–H and O–H groups in total. The molecule has 27 heavy (non-hydrogen) atoms. The van der Waals surface area contributed by atoms with Crippen LogP contribution in [0.5, 0.6) is 0 Å². The van der Waals surface area contributed by atoms with Crippen LogP contribution in [0.2, 0.25) is 0 Å². The van der Waals surface area contributed by atoms with E-state index in [1.54, 1.807) is 0 Å². The van der Waals surface area contributed by atoms with Crippen LogP contribution in [-0.2, 0) is 0 Å². The van der Waals surface area contributed by atoms with Gasteiger partial charge in [0, 0.05) is 18.1 Å². The van der Waals surface area contributed by atoms with Crippen molar-refractivity contribution in [1.29, 1.82) is 0 Å². The molecule has 3 aliphatic carbocycles. The fourth-order valence-corrected chi connectivity index (χ4v) is 5.55. The van der Waals surface area contributed by atoms with Gasteiger partial charge < -0.3 is 0 Å². The van der Waals surface area contributed by atoms with Crippen LogP contribution in [0.3, 0.4) is 0 Å². The molecule has 0 aliphatic heterocycles. The maximum absolute atomic E-state index is 13.4. The fraction of sp³-hybridized carbons (Fsp3) is 0.857. The van der Waals surface area contributed by atoms with Crippen molar-refractivity contribution in [3.63, 3.8) is 0 Å². The van der Waals surface area contributed by atoms with Crippen LogP contribution in [-0.4, -0.2) is 13.7 Å². The Morgan fingerprint density at radius 3 is 0.852 bits per heavy atom. The zero-order chi connectivity index (χ0) is 18.8. The lowest BCUT2D eigenvalue weighted by Gasteiger charge is -2.30. The van der Waals surface area contributed by atoms with Crippen LogP contribution >= 0.6 is 0 Å². The SMILES string of the molecule is O=c1n(C2CCCCC2)c(=O)n(C2CCCCC2)c(=O)n1C1CCCCC1. The predicted molar refractivity (Wildman–Crippen MR) is 106 cm³/mol. The minimum absolute atomic E-state index is 0.0379. The maximum atomic E-state index is 13.4. The number of aromatic nitrogens is 3. The van der Waals surface area contributed by atoms with E-state index in [1.807, 2.05) is 0 Å². The second kappa shape index (κ2) is 8.19. The van der Waals surface area contributed by atoms with Crippen molar-refractivity contribution < 1.29 is 0 Å². The minimum Gasteiger partial charge on any atom is -0.247 e. The Kier molecular flexibility index (Phi) is 5.69. The normalized spacial score (nSPS) is 23.6. The van der Waals surface area contributed by atoms with E-state index in [1.165, 1.54) is 33.0 Å². The van der Waals surface area contributed by atoms with Crippen molar-refractivity contribution in [1.82, 2.24) is 13.7 Å². The largest absolute Gasteiger partial charge is 0.336 e. The van der Waals surface area contributed by atoms with Gasteiger partial charge in [0.25, 0.3) is 0 Å². The molecular weight excluding hydrogens is 342 g/mol. The van der Waals surface area contributed by atoms with Crippen molar-refractivity contribution in [3.05, 3.63) is 31.5 Å². The van der Waals surface area contributed by atoms with E-state index in [9.17, 15) is 14.4 Å². The van der Waals surface area contributed by atoms with Crippen LogP contribution in [0.15, 0.2) is 14.4 Å². The van der Waals surface area contributed by atoms with Gasteiger partial charge in [0.1, 0.15) is 0 Å². The van der Waals surface area contributed by atoms with Crippen molar-refractivity contribution in [3.8, 4) is 0 Å². The van der Waals surface area contributed by atoms with Gasteiger partial charge in [-0.3, -0.25) is 0 Å². The van der Waals surface area contributed by atoms with Crippen molar-refractivity contribution in [2.45, 2.75) is 114 Å². The summed E-state index contributed by atoms with van der Waals surface area (Å²) in [6, 6.07) is -0.114. The van der Waals surface area contributed by atoms with Gasteiger partial charge in [-0.1, -0.05) is 57.8 Å². The second-order valence-corrected chi connectivity index (χ2v) is 8.83. The van der Waals surface area contributed by atoms with Gasteiger partial charge in [-0.15, -0.1) is 0 Å². The van der Waals surface area contributed by atoms with Crippen molar-refractivity contribution in [2.24, 2.45) is 0 Å². The topological polar surface area (TPSA) is 66.0 Å². The Morgan fingerprint density at radius 1 is 0.407 bits per heavy atom. The van der Waals surface area contributed by atoms with Crippen molar-refractivity contribution in [2.75, 3.05) is 0 Å².